The topological polar surface area (TPSA) is 88.4 Å². The molecule has 1 amide bonds. The molecule has 0 aliphatic carbocycles. The van der Waals surface area contributed by atoms with Gasteiger partial charge in [-0.1, -0.05) is 29.8 Å². The summed E-state index contributed by atoms with van der Waals surface area (Å²) in [6.45, 7) is 2.86. The Kier molecular flexibility index (Phi) is 8.22. The summed E-state index contributed by atoms with van der Waals surface area (Å²) in [6, 6.07) is 14.9. The standard InChI is InChI=1S/C21H19ClN2O4/c1-2-27-10-11-28-21(26)16-4-3-5-19(13-16)24-20(25)17(14-23)12-15-6-8-18(22)9-7-15/h3-9,12-13H,2,10-11H2,1H3,(H,24,25)/b17-12+. The smallest absolute Gasteiger partial charge is 0.338 e. The van der Waals surface area contributed by atoms with Crippen molar-refractivity contribution in [3.8, 4) is 6.07 Å². The summed E-state index contributed by atoms with van der Waals surface area (Å²) in [4.78, 5) is 24.4. The number of hydrogen-bond donors (Lipinski definition) is 1. The first-order chi connectivity index (χ1) is 13.5. The fraction of sp³-hybridized carbons (Fsp3) is 0.190. The monoisotopic (exact) mass is 398 g/mol. The van der Waals surface area contributed by atoms with Crippen molar-refractivity contribution < 1.29 is 19.1 Å². The van der Waals surface area contributed by atoms with Gasteiger partial charge in [-0.2, -0.15) is 5.26 Å². The van der Waals surface area contributed by atoms with E-state index < -0.39 is 11.9 Å². The number of nitrogens with one attached hydrogen (secondary N) is 1. The Balaban J connectivity index is 2.05. The Morgan fingerprint density at radius 1 is 1.18 bits per heavy atom. The van der Waals surface area contributed by atoms with E-state index in [1.807, 2.05) is 13.0 Å². The molecule has 0 heterocycles. The lowest BCUT2D eigenvalue weighted by molar-refractivity contribution is -0.112. The number of amides is 1. The van der Waals surface area contributed by atoms with Gasteiger partial charge in [-0.15, -0.1) is 0 Å². The molecule has 6 nitrogen and oxygen atoms in total. The third-order valence-corrected chi connectivity index (χ3v) is 3.82. The van der Waals surface area contributed by atoms with E-state index in [1.165, 1.54) is 12.1 Å². The third-order valence-electron chi connectivity index (χ3n) is 3.57. The normalized spacial score (nSPS) is 10.8. The van der Waals surface area contributed by atoms with Gasteiger partial charge >= 0.3 is 5.97 Å². The fourth-order valence-electron chi connectivity index (χ4n) is 2.22. The second kappa shape index (κ2) is 10.9. The molecule has 1 N–H and O–H groups in total. The first-order valence-corrected chi connectivity index (χ1v) is 8.95. The molecule has 2 aromatic rings. The van der Waals surface area contributed by atoms with Crippen molar-refractivity contribution in [1.82, 2.24) is 0 Å². The number of benzene rings is 2. The zero-order valence-corrected chi connectivity index (χ0v) is 16.0. The molecule has 0 saturated heterocycles. The molecule has 0 fully saturated rings. The Labute approximate surface area is 168 Å². The molecule has 0 unspecified atom stereocenters. The van der Waals surface area contributed by atoms with Crippen molar-refractivity contribution in [2.75, 3.05) is 25.1 Å². The Morgan fingerprint density at radius 3 is 2.61 bits per heavy atom. The molecule has 0 aromatic heterocycles. The summed E-state index contributed by atoms with van der Waals surface area (Å²) in [5, 5.41) is 12.5. The zero-order valence-electron chi connectivity index (χ0n) is 15.3. The molecular weight excluding hydrogens is 380 g/mol. The molecule has 2 aromatic carbocycles. The van der Waals surface area contributed by atoms with Gasteiger partial charge in [-0.25, -0.2) is 4.79 Å². The van der Waals surface area contributed by atoms with Crippen LogP contribution in [0, 0.1) is 11.3 Å². The lowest BCUT2D eigenvalue weighted by Gasteiger charge is -2.08. The zero-order chi connectivity index (χ0) is 20.4. The molecule has 0 saturated carbocycles. The second-order valence-corrected chi connectivity index (χ2v) is 6.03. The Hall–Kier alpha value is -3.14. The number of esters is 1. The lowest BCUT2D eigenvalue weighted by Crippen LogP contribution is -2.15. The van der Waals surface area contributed by atoms with Crippen LogP contribution >= 0.6 is 11.6 Å². The van der Waals surface area contributed by atoms with E-state index in [0.29, 0.717) is 29.5 Å². The molecule has 2 rings (SSSR count). The van der Waals surface area contributed by atoms with Crippen LogP contribution in [-0.4, -0.2) is 31.7 Å². The van der Waals surface area contributed by atoms with Gasteiger partial charge in [0.05, 0.1) is 12.2 Å². The van der Waals surface area contributed by atoms with Crippen molar-refractivity contribution in [3.05, 3.63) is 70.3 Å². The van der Waals surface area contributed by atoms with Gasteiger partial charge < -0.3 is 14.8 Å². The molecule has 0 bridgehead atoms. The molecule has 0 atom stereocenters. The Morgan fingerprint density at radius 2 is 1.93 bits per heavy atom. The van der Waals surface area contributed by atoms with Crippen LogP contribution in [0.2, 0.25) is 5.02 Å². The number of hydrogen-bond acceptors (Lipinski definition) is 5. The molecule has 28 heavy (non-hydrogen) atoms. The first-order valence-electron chi connectivity index (χ1n) is 8.57. The summed E-state index contributed by atoms with van der Waals surface area (Å²) < 4.78 is 10.2. The maximum atomic E-state index is 12.4. The van der Waals surface area contributed by atoms with Gasteiger partial charge in [-0.05, 0) is 48.9 Å². The minimum absolute atomic E-state index is 0.0768. The van der Waals surface area contributed by atoms with Crippen LogP contribution < -0.4 is 5.32 Å². The summed E-state index contributed by atoms with van der Waals surface area (Å²) >= 11 is 5.83. The van der Waals surface area contributed by atoms with Gasteiger partial charge in [0.25, 0.3) is 5.91 Å². The van der Waals surface area contributed by atoms with E-state index >= 15 is 0 Å². The van der Waals surface area contributed by atoms with Gasteiger partial charge in [-0.3, -0.25) is 4.79 Å². The highest BCUT2D eigenvalue weighted by Gasteiger charge is 2.12. The molecule has 0 aliphatic rings. The van der Waals surface area contributed by atoms with E-state index in [0.717, 1.165) is 0 Å². The van der Waals surface area contributed by atoms with Gasteiger partial charge in [0.15, 0.2) is 0 Å². The van der Waals surface area contributed by atoms with Crippen LogP contribution in [0.25, 0.3) is 6.08 Å². The number of carbonyl (C=O) groups is 2. The largest absolute Gasteiger partial charge is 0.460 e. The second-order valence-electron chi connectivity index (χ2n) is 5.59. The Bertz CT molecular complexity index is 901. The SMILES string of the molecule is CCOCCOC(=O)c1cccc(NC(=O)/C(C#N)=C/c2ccc(Cl)cc2)c1. The number of nitriles is 1. The quantitative estimate of drug-likeness (QED) is 0.313. The molecule has 7 heteroatoms. The predicted octanol–water partition coefficient (Wildman–Crippen LogP) is 4.08. The first kappa shape index (κ1) is 21.2. The van der Waals surface area contributed by atoms with Crippen molar-refractivity contribution in [3.63, 3.8) is 0 Å². The minimum Gasteiger partial charge on any atom is -0.460 e. The molecule has 0 radical (unpaired) electrons. The van der Waals surface area contributed by atoms with Crippen molar-refractivity contribution in [2.24, 2.45) is 0 Å². The lowest BCUT2D eigenvalue weighted by atomic mass is 10.1. The number of ether oxygens (including phenoxy) is 2. The summed E-state index contributed by atoms with van der Waals surface area (Å²) in [7, 11) is 0. The van der Waals surface area contributed by atoms with Crippen LogP contribution in [0.3, 0.4) is 0 Å². The maximum absolute atomic E-state index is 12.4. The number of nitrogens with zero attached hydrogens (tertiary/aromatic N) is 1. The highest BCUT2D eigenvalue weighted by atomic mass is 35.5. The van der Waals surface area contributed by atoms with Crippen LogP contribution in [0.1, 0.15) is 22.8 Å². The average molecular weight is 399 g/mol. The van der Waals surface area contributed by atoms with Crippen LogP contribution in [0.5, 0.6) is 0 Å². The molecule has 144 valence electrons. The van der Waals surface area contributed by atoms with E-state index in [2.05, 4.69) is 5.32 Å². The number of carbonyl (C=O) groups excluding carboxylic acids is 2. The van der Waals surface area contributed by atoms with Crippen molar-refractivity contribution >= 4 is 35.2 Å². The summed E-state index contributed by atoms with van der Waals surface area (Å²) in [5.74, 6) is -1.10. The minimum atomic E-state index is -0.584. The highest BCUT2D eigenvalue weighted by Crippen LogP contribution is 2.15. The van der Waals surface area contributed by atoms with Crippen LogP contribution in [0.15, 0.2) is 54.1 Å². The van der Waals surface area contributed by atoms with Gasteiger partial charge in [0.2, 0.25) is 0 Å². The van der Waals surface area contributed by atoms with Crippen molar-refractivity contribution in [2.45, 2.75) is 6.92 Å². The molecule has 0 aliphatic heterocycles. The number of anilines is 1. The van der Waals surface area contributed by atoms with E-state index in [1.54, 1.807) is 42.5 Å². The van der Waals surface area contributed by atoms with Gasteiger partial charge in [0, 0.05) is 17.3 Å². The fourth-order valence-corrected chi connectivity index (χ4v) is 2.34. The van der Waals surface area contributed by atoms with Crippen molar-refractivity contribution in [1.29, 1.82) is 5.26 Å². The average Bonchev–Trinajstić information content (AvgIpc) is 2.70. The van der Waals surface area contributed by atoms with E-state index in [-0.39, 0.29) is 17.7 Å². The third kappa shape index (κ3) is 6.54. The highest BCUT2D eigenvalue weighted by molar-refractivity contribution is 6.30. The maximum Gasteiger partial charge on any atom is 0.338 e. The summed E-state index contributed by atoms with van der Waals surface area (Å²) in [6.07, 6.45) is 1.46. The molecular formula is C21H19ClN2O4. The summed E-state index contributed by atoms with van der Waals surface area (Å²) in [5.41, 5.74) is 1.26. The molecule has 0 spiro atoms. The van der Waals surface area contributed by atoms with E-state index in [9.17, 15) is 14.9 Å². The number of halogens is 1. The predicted molar refractivity (Wildman–Crippen MR) is 107 cm³/mol. The van der Waals surface area contributed by atoms with Crippen LogP contribution in [0.4, 0.5) is 5.69 Å². The van der Waals surface area contributed by atoms with Crippen LogP contribution in [-0.2, 0) is 14.3 Å². The number of rotatable bonds is 8. The van der Waals surface area contributed by atoms with E-state index in [4.69, 9.17) is 21.1 Å². The van der Waals surface area contributed by atoms with Gasteiger partial charge in [0.1, 0.15) is 18.2 Å².